The van der Waals surface area contributed by atoms with Crippen LogP contribution in [0.4, 0.5) is 0 Å². The molecule has 0 heterocycles. The third-order valence-corrected chi connectivity index (χ3v) is 10.1. The fraction of sp³-hybridized carbons (Fsp3) is 0.596. The van der Waals surface area contributed by atoms with Crippen LogP contribution in [0.25, 0.3) is 0 Å². The number of ether oxygens (including phenoxy) is 2. The van der Waals surface area contributed by atoms with Crippen molar-refractivity contribution in [3.05, 3.63) is 122 Å². The molecule has 3 atom stereocenters. The summed E-state index contributed by atoms with van der Waals surface area (Å²) in [6.07, 6.45) is 63.0. The lowest BCUT2D eigenvalue weighted by atomic mass is 10.1. The van der Waals surface area contributed by atoms with Gasteiger partial charge in [0.05, 0.1) is 26.4 Å². The molecule has 10 heteroatoms. The number of phosphoric acid groups is 1. The fourth-order valence-corrected chi connectivity index (χ4v) is 6.43. The Balaban J connectivity index is 4.27. The Bertz CT molecular complexity index is 1370. The molecule has 0 spiro atoms. The van der Waals surface area contributed by atoms with Gasteiger partial charge in [0.25, 0.3) is 0 Å². The van der Waals surface area contributed by atoms with Crippen LogP contribution in [0.1, 0.15) is 155 Å². The Morgan fingerprint density at radius 3 is 1.31 bits per heavy atom. The number of aliphatic hydroxyl groups is 2. The van der Waals surface area contributed by atoms with Gasteiger partial charge in [-0.3, -0.25) is 13.8 Å². The van der Waals surface area contributed by atoms with Gasteiger partial charge in [-0.15, -0.1) is 0 Å². The molecule has 0 aliphatic rings. The molecule has 0 saturated carbocycles. The molecule has 3 unspecified atom stereocenters. The van der Waals surface area contributed by atoms with Crippen LogP contribution in [0.15, 0.2) is 122 Å². The quantitative estimate of drug-likeness (QED) is 0.0237. The van der Waals surface area contributed by atoms with Crippen molar-refractivity contribution in [3.63, 3.8) is 0 Å². The fourth-order valence-electron chi connectivity index (χ4n) is 5.64. The van der Waals surface area contributed by atoms with Gasteiger partial charge < -0.3 is 24.6 Å². The monoisotopic (exact) mass is 885 g/mol. The van der Waals surface area contributed by atoms with Crippen LogP contribution in [0.5, 0.6) is 0 Å². The highest BCUT2D eigenvalue weighted by Crippen LogP contribution is 2.43. The summed E-state index contributed by atoms with van der Waals surface area (Å²) >= 11 is 0. The van der Waals surface area contributed by atoms with Gasteiger partial charge in [0, 0.05) is 13.0 Å². The lowest BCUT2D eigenvalue weighted by molar-refractivity contribution is -0.154. The highest BCUT2D eigenvalue weighted by Gasteiger charge is 2.26. The minimum Gasteiger partial charge on any atom is -0.457 e. The molecule has 0 aromatic rings. The summed E-state index contributed by atoms with van der Waals surface area (Å²) in [5, 5.41) is 18.4. The van der Waals surface area contributed by atoms with Crippen molar-refractivity contribution in [2.75, 3.05) is 33.0 Å². The Morgan fingerprint density at radius 1 is 0.500 bits per heavy atom. The first-order chi connectivity index (χ1) is 30.3. The number of hydrogen-bond donors (Lipinski definition) is 3. The Labute approximate surface area is 377 Å². The summed E-state index contributed by atoms with van der Waals surface area (Å²) in [6, 6.07) is 0. The Morgan fingerprint density at radius 2 is 0.871 bits per heavy atom. The van der Waals surface area contributed by atoms with Crippen molar-refractivity contribution in [3.8, 4) is 0 Å². The normalized spacial score (nSPS) is 15.0. The van der Waals surface area contributed by atoms with Crippen LogP contribution in [-0.2, 0) is 27.9 Å². The summed E-state index contributed by atoms with van der Waals surface area (Å²) in [6.45, 7) is 3.18. The largest absolute Gasteiger partial charge is 0.472 e. The minimum atomic E-state index is -4.54. The summed E-state index contributed by atoms with van der Waals surface area (Å²) in [5.74, 6) is -0.420. The first-order valence-corrected chi connectivity index (χ1v) is 25.0. The van der Waals surface area contributed by atoms with Crippen molar-refractivity contribution in [1.82, 2.24) is 0 Å². The number of esters is 1. The standard InChI is InChI=1S/C52H85O9P/c1-3-5-7-9-11-13-15-17-19-21-23-24-25-26-27-28-30-32-34-36-38-40-42-44-52(55)61-51(49-60-62(56,57)59-47-50(54)46-53)48-58-45-43-41-39-37-35-33-31-29-22-20-18-16-14-12-10-8-6-4-2/h5-8,11-14,17-20,23-24,26-27,29-32,50-51,53-54H,3-4,9-10,15-16,21-22,25,28,33-49H2,1-2H3,(H,56,57)/b7-5-,8-6-,13-11-,14-12-,19-17-,20-18-,24-23-,27-26-,31-29-,32-30-. The molecular weight excluding hydrogens is 800 g/mol. The zero-order valence-corrected chi connectivity index (χ0v) is 39.4. The van der Waals surface area contributed by atoms with Crippen molar-refractivity contribution < 1.29 is 43.0 Å². The molecule has 352 valence electrons. The van der Waals surface area contributed by atoms with Crippen molar-refractivity contribution in [2.45, 2.75) is 167 Å². The molecule has 0 bridgehead atoms. The second-order valence-electron chi connectivity index (χ2n) is 15.0. The summed E-state index contributed by atoms with van der Waals surface area (Å²) in [7, 11) is -4.54. The predicted molar refractivity (Wildman–Crippen MR) is 260 cm³/mol. The molecule has 9 nitrogen and oxygen atoms in total. The number of hydrogen-bond acceptors (Lipinski definition) is 8. The van der Waals surface area contributed by atoms with E-state index in [1.807, 2.05) is 0 Å². The van der Waals surface area contributed by atoms with Crippen LogP contribution in [0, 0.1) is 0 Å². The SMILES string of the molecule is CC/C=C\C/C=C\C/C=C\C/C=C\C/C=C\C/C=C\CCCCCCC(=O)OC(COCCCCCCC/C=C\C/C=C\C/C=C\C/C=C\CC)COP(=O)(O)OCC(O)CO. The number of aliphatic hydroxyl groups excluding tert-OH is 2. The van der Waals surface area contributed by atoms with Gasteiger partial charge in [-0.2, -0.15) is 0 Å². The number of carbonyl (C=O) groups is 1. The Kier molecular flexibility index (Phi) is 44.9. The van der Waals surface area contributed by atoms with E-state index in [2.05, 4.69) is 135 Å². The average molecular weight is 885 g/mol. The summed E-state index contributed by atoms with van der Waals surface area (Å²) in [5.41, 5.74) is 0. The van der Waals surface area contributed by atoms with Gasteiger partial charge in [-0.25, -0.2) is 4.57 Å². The third kappa shape index (κ3) is 46.4. The first-order valence-electron chi connectivity index (χ1n) is 23.5. The van der Waals surface area contributed by atoms with Gasteiger partial charge in [0.15, 0.2) is 0 Å². The molecular formula is C52H85O9P. The van der Waals surface area contributed by atoms with Crippen LogP contribution in [0.3, 0.4) is 0 Å². The van der Waals surface area contributed by atoms with Crippen LogP contribution < -0.4 is 0 Å². The van der Waals surface area contributed by atoms with E-state index in [1.165, 1.54) is 0 Å². The molecule has 0 aliphatic carbocycles. The highest BCUT2D eigenvalue weighted by atomic mass is 31.2. The second-order valence-corrected chi connectivity index (χ2v) is 16.5. The van der Waals surface area contributed by atoms with Gasteiger partial charge in [0.1, 0.15) is 12.2 Å². The van der Waals surface area contributed by atoms with Gasteiger partial charge in [-0.1, -0.05) is 167 Å². The van der Waals surface area contributed by atoms with E-state index < -0.39 is 45.8 Å². The first kappa shape index (κ1) is 58.9. The van der Waals surface area contributed by atoms with E-state index in [4.69, 9.17) is 23.6 Å². The molecule has 0 aromatic heterocycles. The van der Waals surface area contributed by atoms with Gasteiger partial charge in [0.2, 0.25) is 0 Å². The molecule has 0 fully saturated rings. The smallest absolute Gasteiger partial charge is 0.457 e. The van der Waals surface area contributed by atoms with Gasteiger partial charge >= 0.3 is 13.8 Å². The number of carbonyl (C=O) groups excluding carboxylic acids is 1. The molecule has 0 rings (SSSR count). The van der Waals surface area contributed by atoms with Crippen molar-refractivity contribution in [1.29, 1.82) is 0 Å². The molecule has 0 saturated heterocycles. The number of allylic oxidation sites excluding steroid dienone is 20. The molecule has 0 amide bonds. The number of rotatable bonds is 43. The number of unbranched alkanes of at least 4 members (excludes halogenated alkanes) is 9. The van der Waals surface area contributed by atoms with Crippen LogP contribution >= 0.6 is 7.82 Å². The van der Waals surface area contributed by atoms with Crippen molar-refractivity contribution in [2.24, 2.45) is 0 Å². The maximum Gasteiger partial charge on any atom is 0.472 e. The highest BCUT2D eigenvalue weighted by molar-refractivity contribution is 7.47. The van der Waals surface area contributed by atoms with Crippen LogP contribution in [-0.4, -0.2) is 66.3 Å². The third-order valence-electron chi connectivity index (χ3n) is 9.14. The molecule has 0 aromatic carbocycles. The maximum absolute atomic E-state index is 12.7. The van der Waals surface area contributed by atoms with E-state index in [0.29, 0.717) is 13.0 Å². The molecule has 3 N–H and O–H groups in total. The van der Waals surface area contributed by atoms with Gasteiger partial charge in [-0.05, 0) is 103 Å². The Hall–Kier alpha value is -3.14. The van der Waals surface area contributed by atoms with E-state index in [1.54, 1.807) is 0 Å². The summed E-state index contributed by atoms with van der Waals surface area (Å²) in [4.78, 5) is 22.7. The lowest BCUT2D eigenvalue weighted by Crippen LogP contribution is -2.29. The lowest BCUT2D eigenvalue weighted by Gasteiger charge is -2.20. The minimum absolute atomic E-state index is 0.0167. The maximum atomic E-state index is 12.7. The topological polar surface area (TPSA) is 132 Å². The summed E-state index contributed by atoms with van der Waals surface area (Å²) < 4.78 is 33.4. The molecule has 0 radical (unpaired) electrons. The van der Waals surface area contributed by atoms with E-state index in [9.17, 15) is 19.4 Å². The molecule has 0 aliphatic heterocycles. The number of phosphoric ester groups is 1. The zero-order valence-electron chi connectivity index (χ0n) is 38.5. The zero-order chi connectivity index (χ0) is 45.3. The molecule has 62 heavy (non-hydrogen) atoms. The van der Waals surface area contributed by atoms with Crippen LogP contribution in [0.2, 0.25) is 0 Å². The second kappa shape index (κ2) is 47.3. The van der Waals surface area contributed by atoms with E-state index in [-0.39, 0.29) is 13.0 Å². The van der Waals surface area contributed by atoms with Crippen molar-refractivity contribution >= 4 is 13.8 Å². The van der Waals surface area contributed by atoms with E-state index >= 15 is 0 Å². The predicted octanol–water partition coefficient (Wildman–Crippen LogP) is 13.6. The van der Waals surface area contributed by atoms with E-state index in [0.717, 1.165) is 128 Å². The average Bonchev–Trinajstić information content (AvgIpc) is 3.26.